The minimum atomic E-state index is 0.505. The summed E-state index contributed by atoms with van der Waals surface area (Å²) in [6, 6.07) is 5.00. The SMILES string of the molecule is CCc1c(CCNC=O)n[nH]c1Oc1cc(Cl)cc(Cl)c1. The minimum Gasteiger partial charge on any atom is -0.439 e. The number of ether oxygens (including phenoxy) is 1. The summed E-state index contributed by atoms with van der Waals surface area (Å²) in [6.07, 6.45) is 2.07. The van der Waals surface area contributed by atoms with Crippen molar-refractivity contribution in [3.05, 3.63) is 39.5 Å². The Morgan fingerprint density at radius 3 is 2.67 bits per heavy atom. The molecule has 1 aromatic heterocycles. The van der Waals surface area contributed by atoms with Gasteiger partial charge in [-0.2, -0.15) is 5.10 Å². The number of halogens is 2. The number of hydrogen-bond donors (Lipinski definition) is 2. The van der Waals surface area contributed by atoms with Gasteiger partial charge in [-0.05, 0) is 24.6 Å². The molecule has 0 saturated heterocycles. The van der Waals surface area contributed by atoms with E-state index in [1.165, 1.54) is 0 Å². The van der Waals surface area contributed by atoms with E-state index in [-0.39, 0.29) is 0 Å². The van der Waals surface area contributed by atoms with Crippen LogP contribution >= 0.6 is 23.2 Å². The fourth-order valence-electron chi connectivity index (χ4n) is 1.99. The number of nitrogens with one attached hydrogen (secondary N) is 2. The zero-order valence-electron chi connectivity index (χ0n) is 11.5. The molecule has 5 nitrogen and oxygen atoms in total. The Hall–Kier alpha value is -1.72. The van der Waals surface area contributed by atoms with Gasteiger partial charge in [0, 0.05) is 28.6 Å². The number of amides is 1. The third-order valence-corrected chi connectivity index (χ3v) is 3.35. The van der Waals surface area contributed by atoms with Crippen LogP contribution in [0.3, 0.4) is 0 Å². The lowest BCUT2D eigenvalue weighted by Gasteiger charge is -2.07. The van der Waals surface area contributed by atoms with Gasteiger partial charge in [0.25, 0.3) is 0 Å². The Balaban J connectivity index is 2.17. The molecule has 0 aliphatic rings. The zero-order valence-corrected chi connectivity index (χ0v) is 13.0. The summed E-state index contributed by atoms with van der Waals surface area (Å²) in [5.41, 5.74) is 1.84. The summed E-state index contributed by atoms with van der Waals surface area (Å²) in [5, 5.41) is 10.7. The molecule has 2 N–H and O–H groups in total. The molecule has 0 fully saturated rings. The van der Waals surface area contributed by atoms with Crippen molar-refractivity contribution in [2.75, 3.05) is 6.54 Å². The quantitative estimate of drug-likeness (QED) is 0.605. The van der Waals surface area contributed by atoms with Crippen molar-refractivity contribution in [2.24, 2.45) is 0 Å². The normalized spacial score (nSPS) is 10.4. The number of aromatic amines is 1. The van der Waals surface area contributed by atoms with E-state index in [1.807, 2.05) is 6.92 Å². The molecule has 2 rings (SSSR count). The minimum absolute atomic E-state index is 0.505. The number of carbonyl (C=O) groups excluding carboxylic acids is 1. The number of hydrogen-bond acceptors (Lipinski definition) is 3. The molecular formula is C14H15Cl2N3O2. The zero-order chi connectivity index (χ0) is 15.2. The van der Waals surface area contributed by atoms with E-state index in [9.17, 15) is 4.79 Å². The smallest absolute Gasteiger partial charge is 0.218 e. The predicted molar refractivity (Wildman–Crippen MR) is 82.3 cm³/mol. The maximum Gasteiger partial charge on any atom is 0.218 e. The third-order valence-electron chi connectivity index (χ3n) is 2.91. The van der Waals surface area contributed by atoms with Crippen molar-refractivity contribution in [3.8, 4) is 11.6 Å². The van der Waals surface area contributed by atoms with Crippen LogP contribution in [0.1, 0.15) is 18.2 Å². The summed E-state index contributed by atoms with van der Waals surface area (Å²) >= 11 is 11.9. The van der Waals surface area contributed by atoms with Gasteiger partial charge in [0.1, 0.15) is 5.75 Å². The Morgan fingerprint density at radius 2 is 2.05 bits per heavy atom. The fourth-order valence-corrected chi connectivity index (χ4v) is 2.50. The topological polar surface area (TPSA) is 67.0 Å². The highest BCUT2D eigenvalue weighted by molar-refractivity contribution is 6.34. The van der Waals surface area contributed by atoms with Crippen molar-refractivity contribution < 1.29 is 9.53 Å². The van der Waals surface area contributed by atoms with Crippen LogP contribution in [-0.2, 0) is 17.6 Å². The van der Waals surface area contributed by atoms with Gasteiger partial charge in [-0.1, -0.05) is 30.1 Å². The highest BCUT2D eigenvalue weighted by atomic mass is 35.5. The second-order valence-corrected chi connectivity index (χ2v) is 5.23. The maximum atomic E-state index is 10.3. The van der Waals surface area contributed by atoms with Crippen molar-refractivity contribution in [1.82, 2.24) is 15.5 Å². The molecule has 0 bridgehead atoms. The Kier molecular flexibility index (Phi) is 5.47. The summed E-state index contributed by atoms with van der Waals surface area (Å²) in [5.74, 6) is 1.11. The summed E-state index contributed by atoms with van der Waals surface area (Å²) < 4.78 is 5.77. The van der Waals surface area contributed by atoms with Crippen LogP contribution in [0.2, 0.25) is 10.0 Å². The Bertz CT molecular complexity index is 608. The number of aromatic nitrogens is 2. The van der Waals surface area contributed by atoms with Crippen molar-refractivity contribution >= 4 is 29.6 Å². The average Bonchev–Trinajstić information content (AvgIpc) is 2.80. The van der Waals surface area contributed by atoms with Crippen LogP contribution in [0.15, 0.2) is 18.2 Å². The first-order chi connectivity index (χ1) is 10.1. The first-order valence-electron chi connectivity index (χ1n) is 6.51. The Morgan fingerprint density at radius 1 is 1.33 bits per heavy atom. The van der Waals surface area contributed by atoms with Gasteiger partial charge in [-0.25, -0.2) is 5.10 Å². The predicted octanol–water partition coefficient (Wildman–Crippen LogP) is 3.36. The Labute approximate surface area is 132 Å². The lowest BCUT2D eigenvalue weighted by Crippen LogP contribution is -2.15. The monoisotopic (exact) mass is 327 g/mol. The summed E-state index contributed by atoms with van der Waals surface area (Å²) in [4.78, 5) is 10.3. The van der Waals surface area contributed by atoms with Crippen LogP contribution < -0.4 is 10.1 Å². The molecule has 7 heteroatoms. The van der Waals surface area contributed by atoms with E-state index >= 15 is 0 Å². The average molecular weight is 328 g/mol. The van der Waals surface area contributed by atoms with E-state index in [0.717, 1.165) is 17.7 Å². The van der Waals surface area contributed by atoms with Gasteiger partial charge >= 0.3 is 0 Å². The largest absolute Gasteiger partial charge is 0.439 e. The molecule has 1 heterocycles. The van der Waals surface area contributed by atoms with Gasteiger partial charge in [0.2, 0.25) is 12.3 Å². The van der Waals surface area contributed by atoms with E-state index in [0.29, 0.717) is 41.1 Å². The summed E-state index contributed by atoms with van der Waals surface area (Å²) in [7, 11) is 0. The molecule has 0 saturated carbocycles. The molecule has 0 spiro atoms. The molecule has 0 aliphatic heterocycles. The van der Waals surface area contributed by atoms with Gasteiger partial charge < -0.3 is 10.1 Å². The molecule has 1 amide bonds. The van der Waals surface area contributed by atoms with Crippen LogP contribution in [-0.4, -0.2) is 23.2 Å². The first kappa shape index (κ1) is 15.7. The lowest BCUT2D eigenvalue weighted by atomic mass is 10.1. The van der Waals surface area contributed by atoms with Crippen molar-refractivity contribution in [1.29, 1.82) is 0 Å². The van der Waals surface area contributed by atoms with Crippen LogP contribution in [0, 0.1) is 0 Å². The molecule has 0 radical (unpaired) electrons. The molecule has 1 aromatic carbocycles. The van der Waals surface area contributed by atoms with E-state index < -0.39 is 0 Å². The number of carbonyl (C=O) groups is 1. The van der Waals surface area contributed by atoms with E-state index in [1.54, 1.807) is 18.2 Å². The number of H-pyrrole nitrogens is 1. The van der Waals surface area contributed by atoms with Crippen molar-refractivity contribution in [2.45, 2.75) is 19.8 Å². The van der Waals surface area contributed by atoms with Crippen LogP contribution in [0.4, 0.5) is 0 Å². The molecule has 0 atom stereocenters. The van der Waals surface area contributed by atoms with Crippen LogP contribution in [0.5, 0.6) is 11.6 Å². The fraction of sp³-hybridized carbons (Fsp3) is 0.286. The highest BCUT2D eigenvalue weighted by Gasteiger charge is 2.13. The number of rotatable bonds is 7. The second kappa shape index (κ2) is 7.33. The van der Waals surface area contributed by atoms with Gasteiger partial charge in [0.15, 0.2) is 0 Å². The maximum absolute atomic E-state index is 10.3. The molecule has 0 unspecified atom stereocenters. The number of benzene rings is 1. The molecule has 112 valence electrons. The van der Waals surface area contributed by atoms with E-state index in [2.05, 4.69) is 15.5 Å². The van der Waals surface area contributed by atoms with E-state index in [4.69, 9.17) is 27.9 Å². The van der Waals surface area contributed by atoms with Gasteiger partial charge in [-0.15, -0.1) is 0 Å². The number of nitrogens with zero attached hydrogens (tertiary/aromatic N) is 1. The van der Waals surface area contributed by atoms with Gasteiger partial charge in [-0.3, -0.25) is 4.79 Å². The highest BCUT2D eigenvalue weighted by Crippen LogP contribution is 2.30. The molecule has 21 heavy (non-hydrogen) atoms. The summed E-state index contributed by atoms with van der Waals surface area (Å²) in [6.45, 7) is 2.54. The molecule has 2 aromatic rings. The third kappa shape index (κ3) is 4.12. The molecular weight excluding hydrogens is 313 g/mol. The second-order valence-electron chi connectivity index (χ2n) is 4.36. The lowest BCUT2D eigenvalue weighted by molar-refractivity contribution is -0.109. The van der Waals surface area contributed by atoms with Gasteiger partial charge in [0.05, 0.1) is 5.69 Å². The standard InChI is InChI=1S/C14H15Cl2N3O2/c1-2-12-13(3-4-17-8-20)18-19-14(12)21-11-6-9(15)5-10(16)7-11/h5-8H,2-4H2,1H3,(H,17,20)(H,18,19). The van der Waals surface area contributed by atoms with Crippen molar-refractivity contribution in [3.63, 3.8) is 0 Å². The molecule has 0 aliphatic carbocycles. The first-order valence-corrected chi connectivity index (χ1v) is 7.26. The van der Waals surface area contributed by atoms with Crippen LogP contribution in [0.25, 0.3) is 0 Å².